The SMILES string of the molecule is CCCNS(=O)(=O)NCc1cc(Br)cc2c1OCC2. The summed E-state index contributed by atoms with van der Waals surface area (Å²) in [5, 5.41) is 0. The summed E-state index contributed by atoms with van der Waals surface area (Å²) in [7, 11) is -3.44. The van der Waals surface area contributed by atoms with E-state index >= 15 is 0 Å². The van der Waals surface area contributed by atoms with Crippen molar-refractivity contribution in [3.63, 3.8) is 0 Å². The van der Waals surface area contributed by atoms with Gasteiger partial charge in [-0.05, 0) is 24.1 Å². The van der Waals surface area contributed by atoms with E-state index in [1.165, 1.54) is 0 Å². The fourth-order valence-electron chi connectivity index (χ4n) is 1.94. The molecule has 0 atom stereocenters. The molecule has 7 heteroatoms. The van der Waals surface area contributed by atoms with Gasteiger partial charge in [-0.25, -0.2) is 4.72 Å². The number of fused-ring (bicyclic) bond motifs is 1. The Kier molecular flexibility index (Phi) is 4.83. The van der Waals surface area contributed by atoms with Gasteiger partial charge in [0.15, 0.2) is 0 Å². The van der Waals surface area contributed by atoms with Crippen LogP contribution in [-0.4, -0.2) is 21.6 Å². The van der Waals surface area contributed by atoms with Gasteiger partial charge < -0.3 is 4.74 Å². The minimum atomic E-state index is -3.44. The molecule has 0 saturated heterocycles. The molecule has 1 aliphatic heterocycles. The zero-order chi connectivity index (χ0) is 13.9. The lowest BCUT2D eigenvalue weighted by molar-refractivity contribution is 0.353. The van der Waals surface area contributed by atoms with Gasteiger partial charge in [0.2, 0.25) is 0 Å². The Hall–Kier alpha value is -0.630. The predicted octanol–water partition coefficient (Wildman–Crippen LogP) is 1.72. The van der Waals surface area contributed by atoms with Crippen molar-refractivity contribution < 1.29 is 13.2 Å². The van der Waals surface area contributed by atoms with Gasteiger partial charge in [0, 0.05) is 29.5 Å². The van der Waals surface area contributed by atoms with E-state index in [1.54, 1.807) is 0 Å². The molecule has 2 N–H and O–H groups in total. The van der Waals surface area contributed by atoms with Gasteiger partial charge in [0.05, 0.1) is 6.61 Å². The molecule has 0 radical (unpaired) electrons. The molecule has 106 valence electrons. The van der Waals surface area contributed by atoms with Gasteiger partial charge in [0.1, 0.15) is 5.75 Å². The van der Waals surface area contributed by atoms with E-state index in [-0.39, 0.29) is 6.54 Å². The number of hydrogen-bond acceptors (Lipinski definition) is 3. The largest absolute Gasteiger partial charge is 0.493 e. The maximum Gasteiger partial charge on any atom is 0.277 e. The molecule has 2 rings (SSSR count). The smallest absolute Gasteiger partial charge is 0.277 e. The van der Waals surface area contributed by atoms with Crippen LogP contribution in [0.4, 0.5) is 0 Å². The van der Waals surface area contributed by atoms with Gasteiger partial charge in [-0.3, -0.25) is 0 Å². The number of hydrogen-bond donors (Lipinski definition) is 2. The van der Waals surface area contributed by atoms with Crippen molar-refractivity contribution in [1.29, 1.82) is 0 Å². The second kappa shape index (κ2) is 6.21. The topological polar surface area (TPSA) is 67.4 Å². The third-order valence-corrected chi connectivity index (χ3v) is 4.39. The molecule has 1 aliphatic rings. The van der Waals surface area contributed by atoms with Gasteiger partial charge >= 0.3 is 0 Å². The molecule has 1 aromatic rings. The Morgan fingerprint density at radius 1 is 1.37 bits per heavy atom. The highest BCUT2D eigenvalue weighted by atomic mass is 79.9. The quantitative estimate of drug-likeness (QED) is 0.822. The molecular formula is C12H17BrN2O3S. The lowest BCUT2D eigenvalue weighted by Crippen LogP contribution is -2.36. The summed E-state index contributed by atoms with van der Waals surface area (Å²) >= 11 is 3.43. The molecule has 0 spiro atoms. The van der Waals surface area contributed by atoms with Crippen molar-refractivity contribution in [2.75, 3.05) is 13.2 Å². The van der Waals surface area contributed by atoms with Crippen molar-refractivity contribution in [3.8, 4) is 5.75 Å². The van der Waals surface area contributed by atoms with Crippen molar-refractivity contribution in [1.82, 2.24) is 9.44 Å². The van der Waals surface area contributed by atoms with Crippen molar-refractivity contribution >= 4 is 26.1 Å². The van der Waals surface area contributed by atoms with E-state index in [4.69, 9.17) is 4.74 Å². The minimum absolute atomic E-state index is 0.223. The average Bonchev–Trinajstić information content (AvgIpc) is 2.81. The molecule has 0 bridgehead atoms. The first-order chi connectivity index (χ1) is 9.02. The third kappa shape index (κ3) is 3.92. The van der Waals surface area contributed by atoms with Crippen LogP contribution in [0, 0.1) is 0 Å². The number of nitrogens with one attached hydrogen (secondary N) is 2. The normalized spacial score (nSPS) is 14.2. The van der Waals surface area contributed by atoms with Gasteiger partial charge in [-0.15, -0.1) is 0 Å². The van der Waals surface area contributed by atoms with Crippen molar-refractivity contribution in [2.24, 2.45) is 0 Å². The van der Waals surface area contributed by atoms with E-state index in [9.17, 15) is 8.42 Å². The molecular weight excluding hydrogens is 332 g/mol. The predicted molar refractivity (Wildman–Crippen MR) is 77.4 cm³/mol. The zero-order valence-electron chi connectivity index (χ0n) is 10.7. The lowest BCUT2D eigenvalue weighted by atomic mass is 10.1. The van der Waals surface area contributed by atoms with Crippen molar-refractivity contribution in [2.45, 2.75) is 26.3 Å². The first-order valence-electron chi connectivity index (χ1n) is 6.20. The summed E-state index contributed by atoms with van der Waals surface area (Å²) in [5.41, 5.74) is 1.97. The van der Waals surface area contributed by atoms with E-state index in [2.05, 4.69) is 25.4 Å². The van der Waals surface area contributed by atoms with Crippen LogP contribution in [0.3, 0.4) is 0 Å². The monoisotopic (exact) mass is 348 g/mol. The highest BCUT2D eigenvalue weighted by molar-refractivity contribution is 9.10. The van der Waals surface area contributed by atoms with Crippen LogP contribution in [0.25, 0.3) is 0 Å². The van der Waals surface area contributed by atoms with Crippen LogP contribution in [-0.2, 0) is 23.2 Å². The van der Waals surface area contributed by atoms with Gasteiger partial charge in [-0.1, -0.05) is 22.9 Å². The van der Waals surface area contributed by atoms with Crippen LogP contribution in [0.2, 0.25) is 0 Å². The molecule has 19 heavy (non-hydrogen) atoms. The van der Waals surface area contributed by atoms with Crippen molar-refractivity contribution in [3.05, 3.63) is 27.7 Å². The second-order valence-electron chi connectivity index (χ2n) is 4.37. The van der Waals surface area contributed by atoms with Crippen LogP contribution >= 0.6 is 15.9 Å². The number of rotatable bonds is 6. The van der Waals surface area contributed by atoms with Gasteiger partial charge in [-0.2, -0.15) is 13.1 Å². The first-order valence-corrected chi connectivity index (χ1v) is 8.48. The summed E-state index contributed by atoms with van der Waals surface area (Å²) < 4.78 is 34.8. The fourth-order valence-corrected chi connectivity index (χ4v) is 3.41. The first kappa shape index (κ1) is 14.8. The van der Waals surface area contributed by atoms with E-state index in [1.807, 2.05) is 19.1 Å². The summed E-state index contributed by atoms with van der Waals surface area (Å²) in [6.07, 6.45) is 1.62. The number of ether oxygens (including phenoxy) is 1. The molecule has 0 unspecified atom stereocenters. The average molecular weight is 349 g/mol. The second-order valence-corrected chi connectivity index (χ2v) is 6.87. The van der Waals surface area contributed by atoms with Crippen LogP contribution < -0.4 is 14.2 Å². The number of halogens is 1. The Balaban J connectivity index is 2.08. The van der Waals surface area contributed by atoms with E-state index in [0.29, 0.717) is 13.2 Å². The van der Waals surface area contributed by atoms with E-state index < -0.39 is 10.2 Å². The standard InChI is InChI=1S/C12H17BrN2O3S/c1-2-4-14-19(16,17)15-8-10-7-11(13)6-9-3-5-18-12(9)10/h6-7,14-15H,2-5,8H2,1H3. The van der Waals surface area contributed by atoms with Gasteiger partial charge in [0.25, 0.3) is 10.2 Å². The molecule has 1 heterocycles. The Labute approximate surface area is 122 Å². The maximum atomic E-state index is 11.7. The molecule has 5 nitrogen and oxygen atoms in total. The minimum Gasteiger partial charge on any atom is -0.493 e. The zero-order valence-corrected chi connectivity index (χ0v) is 13.1. The molecule has 0 aromatic heterocycles. The Morgan fingerprint density at radius 2 is 2.16 bits per heavy atom. The van der Waals surface area contributed by atoms with Crippen LogP contribution in [0.5, 0.6) is 5.75 Å². The van der Waals surface area contributed by atoms with E-state index in [0.717, 1.165) is 34.2 Å². The Bertz CT molecular complexity index is 560. The van der Waals surface area contributed by atoms with Crippen LogP contribution in [0.1, 0.15) is 24.5 Å². The molecule has 0 amide bonds. The Morgan fingerprint density at radius 3 is 2.89 bits per heavy atom. The molecule has 0 aliphatic carbocycles. The molecule has 1 aromatic carbocycles. The highest BCUT2D eigenvalue weighted by Crippen LogP contribution is 2.32. The summed E-state index contributed by atoms with van der Waals surface area (Å²) in [6.45, 7) is 3.22. The summed E-state index contributed by atoms with van der Waals surface area (Å²) in [4.78, 5) is 0. The maximum absolute atomic E-state index is 11.7. The van der Waals surface area contributed by atoms with Crippen LogP contribution in [0.15, 0.2) is 16.6 Å². The molecule has 0 fully saturated rings. The molecule has 0 saturated carbocycles. The highest BCUT2D eigenvalue weighted by Gasteiger charge is 2.18. The lowest BCUT2D eigenvalue weighted by Gasteiger charge is -2.11. The summed E-state index contributed by atoms with van der Waals surface area (Å²) in [5.74, 6) is 0.807. The summed E-state index contributed by atoms with van der Waals surface area (Å²) in [6, 6.07) is 3.89. The third-order valence-electron chi connectivity index (χ3n) is 2.82. The fraction of sp³-hybridized carbons (Fsp3) is 0.500. The number of benzene rings is 1.